The Kier molecular flexibility index (Phi) is 3.33. The van der Waals surface area contributed by atoms with Crippen molar-refractivity contribution in [2.24, 2.45) is 16.1 Å². The molecule has 0 spiro atoms. The Hall–Kier alpha value is -1.23. The second kappa shape index (κ2) is 4.74. The van der Waals surface area contributed by atoms with Crippen LogP contribution in [0.3, 0.4) is 0 Å². The largest absolute Gasteiger partial charge is 0.340 e. The Labute approximate surface area is 95.6 Å². The number of amides is 1. The van der Waals surface area contributed by atoms with Crippen molar-refractivity contribution in [1.82, 2.24) is 10.2 Å². The van der Waals surface area contributed by atoms with Gasteiger partial charge in [0.2, 0.25) is 5.91 Å². The van der Waals surface area contributed by atoms with Crippen LogP contribution in [-0.4, -0.2) is 48.4 Å². The third-order valence-electron chi connectivity index (χ3n) is 3.11. The first-order valence-electron chi connectivity index (χ1n) is 5.75. The maximum Gasteiger partial charge on any atom is 0.231 e. The predicted octanol–water partition coefficient (Wildman–Crippen LogP) is 0.275. The van der Waals surface area contributed by atoms with Crippen molar-refractivity contribution in [1.29, 1.82) is 0 Å². The monoisotopic (exact) mass is 222 g/mol. The summed E-state index contributed by atoms with van der Waals surface area (Å²) >= 11 is 0. The molecule has 1 saturated heterocycles. The second-order valence-corrected chi connectivity index (χ2v) is 4.41. The molecule has 1 atom stereocenters. The summed E-state index contributed by atoms with van der Waals surface area (Å²) in [5.74, 6) is 0.118. The van der Waals surface area contributed by atoms with Gasteiger partial charge in [0.15, 0.2) is 0 Å². The van der Waals surface area contributed by atoms with Crippen LogP contribution < -0.4 is 5.32 Å². The van der Waals surface area contributed by atoms with E-state index in [1.165, 1.54) is 0 Å². The Morgan fingerprint density at radius 1 is 1.31 bits per heavy atom. The van der Waals surface area contributed by atoms with Gasteiger partial charge in [-0.3, -0.25) is 4.79 Å². The second-order valence-electron chi connectivity index (χ2n) is 4.41. The highest BCUT2D eigenvalue weighted by Crippen LogP contribution is 2.16. The van der Waals surface area contributed by atoms with Gasteiger partial charge >= 0.3 is 0 Å². The number of hydrogen-bond donors (Lipinski definition) is 1. The van der Waals surface area contributed by atoms with Crippen LogP contribution in [0.5, 0.6) is 0 Å². The van der Waals surface area contributed by atoms with E-state index in [1.54, 1.807) is 0 Å². The van der Waals surface area contributed by atoms with E-state index in [4.69, 9.17) is 0 Å². The van der Waals surface area contributed by atoms with Crippen molar-refractivity contribution in [3.63, 3.8) is 0 Å². The van der Waals surface area contributed by atoms with Crippen molar-refractivity contribution in [2.75, 3.05) is 26.2 Å². The van der Waals surface area contributed by atoms with Gasteiger partial charge in [-0.25, -0.2) is 0 Å². The first kappa shape index (κ1) is 11.3. The van der Waals surface area contributed by atoms with E-state index >= 15 is 0 Å². The van der Waals surface area contributed by atoms with E-state index in [-0.39, 0.29) is 11.8 Å². The van der Waals surface area contributed by atoms with Crippen molar-refractivity contribution in [2.45, 2.75) is 20.3 Å². The predicted molar refractivity (Wildman–Crippen MR) is 63.8 cm³/mol. The fourth-order valence-corrected chi connectivity index (χ4v) is 2.09. The molecule has 0 radical (unpaired) electrons. The van der Waals surface area contributed by atoms with Crippen LogP contribution in [-0.2, 0) is 4.79 Å². The Bertz CT molecular complexity index is 342. The minimum Gasteiger partial charge on any atom is -0.340 e. The summed E-state index contributed by atoms with van der Waals surface area (Å²) < 4.78 is 0. The number of rotatable bonds is 1. The molecule has 5 heteroatoms. The molecule has 2 aliphatic heterocycles. The number of nitrogens with zero attached hydrogens (tertiary/aromatic N) is 3. The van der Waals surface area contributed by atoms with E-state index in [1.807, 2.05) is 18.7 Å². The van der Waals surface area contributed by atoms with Crippen molar-refractivity contribution in [3.8, 4) is 0 Å². The molecule has 0 aliphatic carbocycles. The van der Waals surface area contributed by atoms with Crippen LogP contribution in [0.15, 0.2) is 10.2 Å². The van der Waals surface area contributed by atoms with Crippen molar-refractivity contribution >= 4 is 17.3 Å². The normalized spacial score (nSPS) is 26.1. The lowest BCUT2D eigenvalue weighted by Gasteiger charge is -2.31. The van der Waals surface area contributed by atoms with E-state index in [0.29, 0.717) is 0 Å². The lowest BCUT2D eigenvalue weighted by molar-refractivity contribution is -0.133. The summed E-state index contributed by atoms with van der Waals surface area (Å²) in [6.45, 7) is 7.20. The Morgan fingerprint density at radius 3 is 2.69 bits per heavy atom. The van der Waals surface area contributed by atoms with Gasteiger partial charge in [-0.15, -0.1) is 0 Å². The smallest absolute Gasteiger partial charge is 0.231 e. The zero-order valence-electron chi connectivity index (χ0n) is 9.86. The molecule has 2 heterocycles. The van der Waals surface area contributed by atoms with Gasteiger partial charge in [-0.2, -0.15) is 10.2 Å². The lowest BCUT2D eigenvalue weighted by Crippen LogP contribution is -2.50. The van der Waals surface area contributed by atoms with E-state index in [2.05, 4.69) is 15.5 Å². The van der Waals surface area contributed by atoms with Crippen molar-refractivity contribution < 1.29 is 4.79 Å². The number of hydrogen-bond acceptors (Lipinski definition) is 4. The van der Waals surface area contributed by atoms with E-state index in [0.717, 1.165) is 44.0 Å². The van der Waals surface area contributed by atoms with Crippen LogP contribution in [0, 0.1) is 5.92 Å². The highest BCUT2D eigenvalue weighted by molar-refractivity contribution is 6.07. The molecule has 1 fully saturated rings. The van der Waals surface area contributed by atoms with Gasteiger partial charge < -0.3 is 10.2 Å². The molecule has 1 N–H and O–H groups in total. The molecule has 0 aromatic rings. The standard InChI is InChI=1S/C11H18N4O/c1-8-7-10(9(2)14-13-8)11(16)15-5-3-12-4-6-15/h10,12H,3-7H2,1-2H3. The molecule has 0 aromatic carbocycles. The van der Waals surface area contributed by atoms with Crippen LogP contribution in [0.25, 0.3) is 0 Å². The van der Waals surface area contributed by atoms with E-state index < -0.39 is 0 Å². The fraction of sp³-hybridized carbons (Fsp3) is 0.727. The first-order chi connectivity index (χ1) is 7.68. The van der Waals surface area contributed by atoms with Crippen molar-refractivity contribution in [3.05, 3.63) is 0 Å². The molecule has 2 aliphatic rings. The van der Waals surface area contributed by atoms with Gasteiger partial charge in [0.25, 0.3) is 0 Å². The molecule has 0 aromatic heterocycles. The summed E-state index contributed by atoms with van der Waals surface area (Å²) in [5.41, 5.74) is 1.79. The SMILES string of the molecule is CC1=NN=C(C)C(C(=O)N2CCNCC2)C1. The third kappa shape index (κ3) is 2.29. The Balaban J connectivity index is 2.04. The average molecular weight is 222 g/mol. The molecule has 0 bridgehead atoms. The fourth-order valence-electron chi connectivity index (χ4n) is 2.09. The topological polar surface area (TPSA) is 57.1 Å². The zero-order chi connectivity index (χ0) is 11.5. The van der Waals surface area contributed by atoms with Crippen LogP contribution >= 0.6 is 0 Å². The van der Waals surface area contributed by atoms with Gasteiger partial charge in [-0.1, -0.05) is 0 Å². The number of piperazine rings is 1. The minimum absolute atomic E-state index is 0.0874. The molecule has 1 unspecified atom stereocenters. The summed E-state index contributed by atoms with van der Waals surface area (Å²) in [6, 6.07) is 0. The molecular weight excluding hydrogens is 204 g/mol. The molecule has 88 valence electrons. The highest BCUT2D eigenvalue weighted by atomic mass is 16.2. The van der Waals surface area contributed by atoms with Crippen LogP contribution in [0.2, 0.25) is 0 Å². The number of nitrogens with one attached hydrogen (secondary N) is 1. The average Bonchev–Trinajstić information content (AvgIpc) is 2.32. The number of carbonyl (C=O) groups is 1. The maximum atomic E-state index is 12.3. The van der Waals surface area contributed by atoms with Gasteiger partial charge in [0.05, 0.1) is 11.6 Å². The zero-order valence-corrected chi connectivity index (χ0v) is 9.86. The number of carbonyl (C=O) groups excluding carboxylic acids is 1. The molecule has 16 heavy (non-hydrogen) atoms. The molecular formula is C11H18N4O. The Morgan fingerprint density at radius 2 is 2.00 bits per heavy atom. The van der Waals surface area contributed by atoms with E-state index in [9.17, 15) is 4.79 Å². The summed E-state index contributed by atoms with van der Waals surface area (Å²) in [7, 11) is 0. The quantitative estimate of drug-likeness (QED) is 0.692. The highest BCUT2D eigenvalue weighted by Gasteiger charge is 2.29. The summed E-state index contributed by atoms with van der Waals surface area (Å²) in [4.78, 5) is 14.2. The van der Waals surface area contributed by atoms with Gasteiger partial charge in [0.1, 0.15) is 0 Å². The molecule has 5 nitrogen and oxygen atoms in total. The summed E-state index contributed by atoms with van der Waals surface area (Å²) in [5, 5.41) is 11.3. The first-order valence-corrected chi connectivity index (χ1v) is 5.75. The molecule has 0 saturated carbocycles. The van der Waals surface area contributed by atoms with Crippen LogP contribution in [0.4, 0.5) is 0 Å². The maximum absolute atomic E-state index is 12.3. The lowest BCUT2D eigenvalue weighted by atomic mass is 9.95. The van der Waals surface area contributed by atoms with Gasteiger partial charge in [-0.05, 0) is 13.8 Å². The minimum atomic E-state index is -0.0874. The molecule has 2 rings (SSSR count). The summed E-state index contributed by atoms with van der Waals surface area (Å²) in [6.07, 6.45) is 0.720. The third-order valence-corrected chi connectivity index (χ3v) is 3.11. The van der Waals surface area contributed by atoms with Crippen LogP contribution in [0.1, 0.15) is 20.3 Å². The van der Waals surface area contributed by atoms with Gasteiger partial charge in [0, 0.05) is 38.3 Å². The molecule has 1 amide bonds.